The van der Waals surface area contributed by atoms with Crippen LogP contribution in [0.4, 0.5) is 0 Å². The van der Waals surface area contributed by atoms with Gasteiger partial charge in [0.1, 0.15) is 5.75 Å². The van der Waals surface area contributed by atoms with Gasteiger partial charge in [-0.3, -0.25) is 4.90 Å². The van der Waals surface area contributed by atoms with Crippen molar-refractivity contribution in [3.63, 3.8) is 0 Å². The zero-order chi connectivity index (χ0) is 18.6. The van der Waals surface area contributed by atoms with E-state index in [1.165, 1.54) is 17.5 Å². The molecule has 2 heterocycles. The van der Waals surface area contributed by atoms with Crippen LogP contribution >= 0.6 is 0 Å². The van der Waals surface area contributed by atoms with E-state index in [4.69, 9.17) is 9.26 Å². The molecular weight excluding hydrogens is 338 g/mol. The fourth-order valence-electron chi connectivity index (χ4n) is 3.72. The van der Waals surface area contributed by atoms with Crippen LogP contribution in [0, 0.1) is 0 Å². The van der Waals surface area contributed by atoms with E-state index in [0.29, 0.717) is 24.3 Å². The normalized spacial score (nSPS) is 17.3. The van der Waals surface area contributed by atoms with Crippen molar-refractivity contribution in [2.45, 2.75) is 38.8 Å². The first kappa shape index (κ1) is 17.7. The van der Waals surface area contributed by atoms with Crippen LogP contribution < -0.4 is 4.74 Å². The van der Waals surface area contributed by atoms with Crippen molar-refractivity contribution < 1.29 is 9.26 Å². The van der Waals surface area contributed by atoms with Crippen LogP contribution in [0.5, 0.6) is 5.75 Å². The quantitative estimate of drug-likeness (QED) is 0.638. The van der Waals surface area contributed by atoms with Gasteiger partial charge in [-0.15, -0.1) is 0 Å². The molecule has 5 heteroatoms. The molecule has 27 heavy (non-hydrogen) atoms. The average molecular weight is 363 g/mol. The number of aromatic nitrogens is 2. The zero-order valence-corrected chi connectivity index (χ0v) is 15.9. The molecule has 3 aromatic rings. The molecule has 4 rings (SSSR count). The van der Waals surface area contributed by atoms with Crippen molar-refractivity contribution in [2.24, 2.45) is 0 Å². The van der Waals surface area contributed by atoms with Gasteiger partial charge in [0.2, 0.25) is 11.7 Å². The van der Waals surface area contributed by atoms with Crippen molar-refractivity contribution in [2.75, 3.05) is 13.7 Å². The summed E-state index contributed by atoms with van der Waals surface area (Å²) in [4.78, 5) is 7.03. The average Bonchev–Trinajstić information content (AvgIpc) is 3.38. The molecule has 0 bridgehead atoms. The minimum atomic E-state index is 0.384. The van der Waals surface area contributed by atoms with Crippen LogP contribution in [-0.2, 0) is 13.0 Å². The van der Waals surface area contributed by atoms with Gasteiger partial charge in [-0.1, -0.05) is 48.5 Å². The number of hydrogen-bond acceptors (Lipinski definition) is 5. The van der Waals surface area contributed by atoms with E-state index in [2.05, 4.69) is 58.4 Å². The molecule has 1 aliphatic heterocycles. The molecule has 1 aromatic heterocycles. The van der Waals surface area contributed by atoms with Crippen molar-refractivity contribution in [1.29, 1.82) is 0 Å². The van der Waals surface area contributed by atoms with Gasteiger partial charge in [-0.25, -0.2) is 0 Å². The highest BCUT2D eigenvalue weighted by Gasteiger charge is 2.27. The van der Waals surface area contributed by atoms with E-state index >= 15 is 0 Å². The highest BCUT2D eigenvalue weighted by atomic mass is 16.5. The number of aryl methyl sites for hydroxylation is 1. The molecule has 5 nitrogen and oxygen atoms in total. The smallest absolute Gasteiger partial charge is 0.241 e. The Morgan fingerprint density at radius 2 is 1.89 bits per heavy atom. The summed E-state index contributed by atoms with van der Waals surface area (Å²) in [5.41, 5.74) is 3.61. The lowest BCUT2D eigenvalue weighted by Gasteiger charge is -2.23. The lowest BCUT2D eigenvalue weighted by molar-refractivity contribution is 0.212. The molecule has 0 N–H and O–H groups in total. The van der Waals surface area contributed by atoms with Crippen LogP contribution in [0.25, 0.3) is 11.4 Å². The first-order chi connectivity index (χ1) is 13.3. The van der Waals surface area contributed by atoms with E-state index in [0.717, 1.165) is 30.7 Å². The molecule has 0 saturated carbocycles. The Hall–Kier alpha value is -2.66. The highest BCUT2D eigenvalue weighted by molar-refractivity contribution is 5.54. The molecule has 140 valence electrons. The number of likely N-dealkylation sites (tertiary alicyclic amines) is 1. The standard InChI is InChI=1S/C22H25N3O2/c1-3-16-6-8-18(9-7-16)22-23-21(27-24-22)15-25-14-4-5-20(25)17-10-12-19(26-2)13-11-17/h6-13,20H,3-5,14-15H2,1-2H3/t20-/m1/s1. The van der Waals surface area contributed by atoms with Crippen molar-refractivity contribution in [3.8, 4) is 17.1 Å². The molecule has 0 amide bonds. The maximum atomic E-state index is 5.54. The molecule has 1 atom stereocenters. The van der Waals surface area contributed by atoms with Gasteiger partial charge < -0.3 is 9.26 Å². The molecule has 2 aromatic carbocycles. The van der Waals surface area contributed by atoms with Crippen LogP contribution in [0.15, 0.2) is 53.1 Å². The van der Waals surface area contributed by atoms with Crippen LogP contribution in [0.2, 0.25) is 0 Å². The highest BCUT2D eigenvalue weighted by Crippen LogP contribution is 2.33. The van der Waals surface area contributed by atoms with Crippen molar-refractivity contribution in [3.05, 3.63) is 65.5 Å². The number of methoxy groups -OCH3 is 1. The fraction of sp³-hybridized carbons (Fsp3) is 0.364. The number of ether oxygens (including phenoxy) is 1. The summed E-state index contributed by atoms with van der Waals surface area (Å²) in [6.07, 6.45) is 3.35. The molecule has 0 radical (unpaired) electrons. The maximum Gasteiger partial charge on any atom is 0.241 e. The number of benzene rings is 2. The molecule has 1 fully saturated rings. The number of rotatable bonds is 6. The monoisotopic (exact) mass is 363 g/mol. The summed E-state index contributed by atoms with van der Waals surface area (Å²) < 4.78 is 10.8. The Morgan fingerprint density at radius 1 is 1.11 bits per heavy atom. The molecule has 1 aliphatic rings. The first-order valence-corrected chi connectivity index (χ1v) is 9.56. The Labute approximate surface area is 160 Å². The summed E-state index contributed by atoms with van der Waals surface area (Å²) in [6.45, 7) is 3.87. The maximum absolute atomic E-state index is 5.54. The van der Waals surface area contributed by atoms with Gasteiger partial charge in [0.15, 0.2) is 0 Å². The minimum absolute atomic E-state index is 0.384. The zero-order valence-electron chi connectivity index (χ0n) is 15.9. The molecule has 1 saturated heterocycles. The lowest BCUT2D eigenvalue weighted by Crippen LogP contribution is -2.22. The van der Waals surface area contributed by atoms with E-state index in [-0.39, 0.29) is 0 Å². The minimum Gasteiger partial charge on any atom is -0.497 e. The third-order valence-corrected chi connectivity index (χ3v) is 5.29. The predicted molar refractivity (Wildman–Crippen MR) is 104 cm³/mol. The SMILES string of the molecule is CCc1ccc(-c2noc(CN3CCC[C@@H]3c3ccc(OC)cc3)n2)cc1. The number of nitrogens with zero attached hydrogens (tertiary/aromatic N) is 3. The predicted octanol–water partition coefficient (Wildman–Crippen LogP) is 4.64. The Balaban J connectivity index is 1.47. The fourth-order valence-corrected chi connectivity index (χ4v) is 3.72. The van der Waals surface area contributed by atoms with Gasteiger partial charge in [0.05, 0.1) is 13.7 Å². The Morgan fingerprint density at radius 3 is 2.59 bits per heavy atom. The molecular formula is C22H25N3O2. The molecule has 0 unspecified atom stereocenters. The largest absolute Gasteiger partial charge is 0.497 e. The molecule has 0 spiro atoms. The number of hydrogen-bond donors (Lipinski definition) is 0. The first-order valence-electron chi connectivity index (χ1n) is 9.56. The lowest BCUT2D eigenvalue weighted by atomic mass is 10.0. The Bertz CT molecular complexity index is 871. The van der Waals surface area contributed by atoms with Gasteiger partial charge in [0.25, 0.3) is 0 Å². The second kappa shape index (κ2) is 7.92. The van der Waals surface area contributed by atoms with E-state index < -0.39 is 0 Å². The van der Waals surface area contributed by atoms with E-state index in [9.17, 15) is 0 Å². The van der Waals surface area contributed by atoms with Crippen molar-refractivity contribution >= 4 is 0 Å². The Kier molecular flexibility index (Phi) is 5.21. The van der Waals surface area contributed by atoms with Gasteiger partial charge in [-0.2, -0.15) is 4.98 Å². The third-order valence-electron chi connectivity index (χ3n) is 5.29. The summed E-state index contributed by atoms with van der Waals surface area (Å²) >= 11 is 0. The summed E-state index contributed by atoms with van der Waals surface area (Å²) in [7, 11) is 1.69. The van der Waals surface area contributed by atoms with Gasteiger partial charge >= 0.3 is 0 Å². The summed E-state index contributed by atoms with van der Waals surface area (Å²) in [5, 5.41) is 4.18. The third kappa shape index (κ3) is 3.88. The van der Waals surface area contributed by atoms with Crippen LogP contribution in [0.3, 0.4) is 0 Å². The van der Waals surface area contributed by atoms with Gasteiger partial charge in [-0.05, 0) is 49.1 Å². The summed E-state index contributed by atoms with van der Waals surface area (Å²) in [5.74, 6) is 2.22. The van der Waals surface area contributed by atoms with Crippen molar-refractivity contribution in [1.82, 2.24) is 15.0 Å². The molecule has 0 aliphatic carbocycles. The van der Waals surface area contributed by atoms with Gasteiger partial charge in [0, 0.05) is 11.6 Å². The summed E-state index contributed by atoms with van der Waals surface area (Å²) in [6, 6.07) is 17.1. The van der Waals surface area contributed by atoms with E-state index in [1.807, 2.05) is 12.1 Å². The topological polar surface area (TPSA) is 51.4 Å². The second-order valence-electron chi connectivity index (χ2n) is 6.96. The van der Waals surface area contributed by atoms with Crippen LogP contribution in [-0.4, -0.2) is 28.7 Å². The second-order valence-corrected chi connectivity index (χ2v) is 6.96. The van der Waals surface area contributed by atoms with Crippen LogP contribution in [0.1, 0.15) is 42.8 Å². The van der Waals surface area contributed by atoms with E-state index in [1.54, 1.807) is 7.11 Å².